The van der Waals surface area contributed by atoms with Crippen molar-refractivity contribution in [2.75, 3.05) is 0 Å². The summed E-state index contributed by atoms with van der Waals surface area (Å²) in [6.07, 6.45) is 0.918. The van der Waals surface area contributed by atoms with Crippen molar-refractivity contribution in [3.05, 3.63) is 29.3 Å². The molecule has 11 heavy (non-hydrogen) atoms. The van der Waals surface area contributed by atoms with Crippen LogP contribution >= 0.6 is 0 Å². The third-order valence-corrected chi connectivity index (χ3v) is 1.83. The van der Waals surface area contributed by atoms with Crippen LogP contribution in [0.3, 0.4) is 0 Å². The molecule has 0 unspecified atom stereocenters. The van der Waals surface area contributed by atoms with E-state index in [1.54, 1.807) is 6.07 Å². The SMILES string of the molecule is CCc1cccc(O)c1CN. The average molecular weight is 151 g/mol. The van der Waals surface area contributed by atoms with Gasteiger partial charge in [0.25, 0.3) is 0 Å². The second kappa shape index (κ2) is 3.39. The molecule has 60 valence electrons. The molecule has 0 spiro atoms. The van der Waals surface area contributed by atoms with Gasteiger partial charge in [0.15, 0.2) is 0 Å². The van der Waals surface area contributed by atoms with E-state index in [1.165, 1.54) is 0 Å². The molecule has 0 aromatic heterocycles. The summed E-state index contributed by atoms with van der Waals surface area (Å²) >= 11 is 0. The van der Waals surface area contributed by atoms with Crippen LogP contribution in [0.1, 0.15) is 18.1 Å². The van der Waals surface area contributed by atoms with Gasteiger partial charge < -0.3 is 10.8 Å². The van der Waals surface area contributed by atoms with Gasteiger partial charge in [0.1, 0.15) is 5.75 Å². The molecule has 0 aliphatic rings. The van der Waals surface area contributed by atoms with Crippen molar-refractivity contribution in [3.63, 3.8) is 0 Å². The Hall–Kier alpha value is -1.02. The molecule has 0 saturated heterocycles. The predicted octanol–water partition coefficient (Wildman–Crippen LogP) is 1.41. The maximum atomic E-state index is 9.34. The number of phenolic OH excluding ortho intramolecular Hbond substituents is 1. The van der Waals surface area contributed by atoms with Gasteiger partial charge in [-0.2, -0.15) is 0 Å². The van der Waals surface area contributed by atoms with Gasteiger partial charge in [-0.05, 0) is 18.1 Å². The zero-order valence-corrected chi connectivity index (χ0v) is 6.67. The van der Waals surface area contributed by atoms with Gasteiger partial charge in [0.05, 0.1) is 0 Å². The van der Waals surface area contributed by atoms with Crippen LogP contribution in [0, 0.1) is 0 Å². The molecule has 2 heteroatoms. The molecule has 0 amide bonds. The molecule has 0 saturated carbocycles. The molecule has 3 N–H and O–H groups in total. The monoisotopic (exact) mass is 151 g/mol. The van der Waals surface area contributed by atoms with E-state index in [-0.39, 0.29) is 0 Å². The van der Waals surface area contributed by atoms with Crippen LogP contribution < -0.4 is 5.73 Å². The molecule has 0 aliphatic carbocycles. The van der Waals surface area contributed by atoms with Crippen molar-refractivity contribution in [1.29, 1.82) is 0 Å². The van der Waals surface area contributed by atoms with Gasteiger partial charge >= 0.3 is 0 Å². The standard InChI is InChI=1S/C9H13NO/c1-2-7-4-3-5-9(11)8(7)6-10/h3-5,11H,2,6,10H2,1H3. The molecule has 0 heterocycles. The summed E-state index contributed by atoms with van der Waals surface area (Å²) in [4.78, 5) is 0. The minimum atomic E-state index is 0.312. The second-order valence-corrected chi connectivity index (χ2v) is 2.47. The summed E-state index contributed by atoms with van der Waals surface area (Å²) in [5, 5.41) is 9.34. The highest BCUT2D eigenvalue weighted by atomic mass is 16.3. The lowest BCUT2D eigenvalue weighted by Crippen LogP contribution is -2.00. The number of rotatable bonds is 2. The van der Waals surface area contributed by atoms with E-state index in [9.17, 15) is 5.11 Å². The highest BCUT2D eigenvalue weighted by molar-refractivity contribution is 5.38. The van der Waals surface area contributed by atoms with Crippen molar-refractivity contribution >= 4 is 0 Å². The second-order valence-electron chi connectivity index (χ2n) is 2.47. The molecule has 0 fully saturated rings. The predicted molar refractivity (Wildman–Crippen MR) is 45.4 cm³/mol. The fourth-order valence-corrected chi connectivity index (χ4v) is 1.19. The molecule has 0 aliphatic heterocycles. The molecular weight excluding hydrogens is 138 g/mol. The van der Waals surface area contributed by atoms with E-state index in [1.807, 2.05) is 19.1 Å². The first-order valence-electron chi connectivity index (χ1n) is 3.79. The Balaban J connectivity index is 3.13. The first kappa shape index (κ1) is 8.08. The maximum absolute atomic E-state index is 9.34. The van der Waals surface area contributed by atoms with Gasteiger partial charge in [-0.3, -0.25) is 0 Å². The molecule has 1 rings (SSSR count). The Kier molecular flexibility index (Phi) is 2.49. The van der Waals surface area contributed by atoms with Crippen molar-refractivity contribution in [1.82, 2.24) is 0 Å². The lowest BCUT2D eigenvalue weighted by Gasteiger charge is -2.06. The van der Waals surface area contributed by atoms with Gasteiger partial charge in [0, 0.05) is 12.1 Å². The van der Waals surface area contributed by atoms with Crippen LogP contribution in [0.4, 0.5) is 0 Å². The van der Waals surface area contributed by atoms with Crippen molar-refractivity contribution < 1.29 is 5.11 Å². The first-order valence-corrected chi connectivity index (χ1v) is 3.79. The van der Waals surface area contributed by atoms with E-state index in [4.69, 9.17) is 5.73 Å². The Morgan fingerprint density at radius 3 is 2.64 bits per heavy atom. The number of benzene rings is 1. The van der Waals surface area contributed by atoms with Gasteiger partial charge in [-0.15, -0.1) is 0 Å². The molecule has 2 nitrogen and oxygen atoms in total. The lowest BCUT2D eigenvalue weighted by atomic mass is 10.0. The van der Waals surface area contributed by atoms with Crippen LogP contribution in [0.5, 0.6) is 5.75 Å². The summed E-state index contributed by atoms with van der Waals surface area (Å²) in [6, 6.07) is 5.50. The van der Waals surface area contributed by atoms with Gasteiger partial charge in [0.2, 0.25) is 0 Å². The Morgan fingerprint density at radius 1 is 1.45 bits per heavy atom. The average Bonchev–Trinajstić information content (AvgIpc) is 2.04. The Labute approximate surface area is 66.7 Å². The zero-order valence-electron chi connectivity index (χ0n) is 6.67. The summed E-state index contributed by atoms with van der Waals surface area (Å²) in [7, 11) is 0. The fraction of sp³-hybridized carbons (Fsp3) is 0.333. The van der Waals surface area contributed by atoms with Gasteiger partial charge in [-0.25, -0.2) is 0 Å². The van der Waals surface area contributed by atoms with E-state index < -0.39 is 0 Å². The molecule has 1 aromatic rings. The Bertz CT molecular complexity index is 245. The van der Waals surface area contributed by atoms with Crippen LogP contribution in [0.25, 0.3) is 0 Å². The maximum Gasteiger partial charge on any atom is 0.120 e. The fourth-order valence-electron chi connectivity index (χ4n) is 1.19. The van der Waals surface area contributed by atoms with Gasteiger partial charge in [-0.1, -0.05) is 19.1 Å². The normalized spacial score (nSPS) is 10.0. The van der Waals surface area contributed by atoms with Crippen molar-refractivity contribution in [2.24, 2.45) is 5.73 Å². The molecule has 1 aromatic carbocycles. The highest BCUT2D eigenvalue weighted by Gasteiger charge is 2.02. The smallest absolute Gasteiger partial charge is 0.120 e. The lowest BCUT2D eigenvalue weighted by molar-refractivity contribution is 0.467. The van der Waals surface area contributed by atoms with Crippen LogP contribution in [-0.2, 0) is 13.0 Å². The molecule has 0 radical (unpaired) electrons. The topological polar surface area (TPSA) is 46.2 Å². The van der Waals surface area contributed by atoms with Crippen molar-refractivity contribution in [2.45, 2.75) is 19.9 Å². The van der Waals surface area contributed by atoms with E-state index in [0.717, 1.165) is 17.5 Å². The Morgan fingerprint density at radius 2 is 2.18 bits per heavy atom. The third kappa shape index (κ3) is 1.52. The zero-order chi connectivity index (χ0) is 8.27. The van der Waals surface area contributed by atoms with Crippen LogP contribution in [-0.4, -0.2) is 5.11 Å². The number of hydrogen-bond acceptors (Lipinski definition) is 2. The summed E-state index contributed by atoms with van der Waals surface area (Å²) in [5.41, 5.74) is 7.47. The minimum Gasteiger partial charge on any atom is -0.508 e. The van der Waals surface area contributed by atoms with Crippen molar-refractivity contribution in [3.8, 4) is 5.75 Å². The van der Waals surface area contributed by atoms with E-state index >= 15 is 0 Å². The minimum absolute atomic E-state index is 0.312. The molecule has 0 bridgehead atoms. The molecule has 0 atom stereocenters. The number of aryl methyl sites for hydroxylation is 1. The van der Waals surface area contributed by atoms with Crippen LogP contribution in [0.2, 0.25) is 0 Å². The third-order valence-electron chi connectivity index (χ3n) is 1.83. The summed E-state index contributed by atoms with van der Waals surface area (Å²) in [6.45, 7) is 2.46. The summed E-state index contributed by atoms with van der Waals surface area (Å²) in [5.74, 6) is 0.312. The highest BCUT2D eigenvalue weighted by Crippen LogP contribution is 2.20. The number of nitrogens with two attached hydrogens (primary N) is 1. The van der Waals surface area contributed by atoms with Crippen LogP contribution in [0.15, 0.2) is 18.2 Å². The first-order chi connectivity index (χ1) is 5.29. The number of phenols is 1. The molecular formula is C9H13NO. The quantitative estimate of drug-likeness (QED) is 0.671. The largest absolute Gasteiger partial charge is 0.508 e. The number of aromatic hydroxyl groups is 1. The van der Waals surface area contributed by atoms with E-state index in [0.29, 0.717) is 12.3 Å². The number of hydrogen-bond donors (Lipinski definition) is 2. The summed E-state index contributed by atoms with van der Waals surface area (Å²) < 4.78 is 0. The van der Waals surface area contributed by atoms with E-state index in [2.05, 4.69) is 0 Å².